The number of hydrogen-bond acceptors (Lipinski definition) is 3. The van der Waals surface area contributed by atoms with Crippen LogP contribution in [0.5, 0.6) is 0 Å². The molecule has 0 fully saturated rings. The van der Waals surface area contributed by atoms with Crippen molar-refractivity contribution in [3.63, 3.8) is 0 Å². The number of hydrogen-bond donors (Lipinski definition) is 2. The average molecular weight is 361 g/mol. The number of rotatable bonds is 8. The van der Waals surface area contributed by atoms with E-state index in [0.717, 1.165) is 11.1 Å². The lowest BCUT2D eigenvalue weighted by atomic mass is 10.1. The summed E-state index contributed by atoms with van der Waals surface area (Å²) < 4.78 is 4.78. The fraction of sp³-hybridized carbons (Fsp3) is 0.263. The summed E-state index contributed by atoms with van der Waals surface area (Å²) in [6.07, 6.45) is 1.03. The fourth-order valence-corrected chi connectivity index (χ4v) is 2.54. The van der Waals surface area contributed by atoms with Gasteiger partial charge in [-0.05, 0) is 41.8 Å². The molecule has 5 nitrogen and oxygen atoms in total. The number of methoxy groups -OCH3 is 1. The number of amides is 2. The van der Waals surface area contributed by atoms with Crippen molar-refractivity contribution >= 4 is 29.1 Å². The number of halogens is 1. The summed E-state index contributed by atoms with van der Waals surface area (Å²) >= 11 is 5.93. The minimum absolute atomic E-state index is 0.00443. The van der Waals surface area contributed by atoms with Gasteiger partial charge in [0.2, 0.25) is 11.8 Å². The quantitative estimate of drug-likeness (QED) is 0.759. The fourth-order valence-electron chi connectivity index (χ4n) is 2.33. The third-order valence-corrected chi connectivity index (χ3v) is 3.74. The van der Waals surface area contributed by atoms with Gasteiger partial charge in [-0.2, -0.15) is 0 Å². The second-order valence-electron chi connectivity index (χ2n) is 5.59. The Bertz CT molecular complexity index is 734. The van der Waals surface area contributed by atoms with Gasteiger partial charge in [-0.1, -0.05) is 35.9 Å². The van der Waals surface area contributed by atoms with Crippen molar-refractivity contribution in [3.8, 4) is 0 Å². The van der Waals surface area contributed by atoms with Gasteiger partial charge < -0.3 is 15.4 Å². The van der Waals surface area contributed by atoms with E-state index in [1.807, 2.05) is 42.5 Å². The van der Waals surface area contributed by atoms with Crippen LogP contribution < -0.4 is 10.6 Å². The topological polar surface area (TPSA) is 67.4 Å². The van der Waals surface area contributed by atoms with Gasteiger partial charge in [-0.3, -0.25) is 9.59 Å². The predicted octanol–water partition coefficient (Wildman–Crippen LogP) is 3.17. The minimum atomic E-state index is -0.217. The van der Waals surface area contributed by atoms with Gasteiger partial charge in [-0.25, -0.2) is 0 Å². The molecular formula is C19H21ClN2O3. The van der Waals surface area contributed by atoms with Gasteiger partial charge in [0.1, 0.15) is 6.61 Å². The zero-order chi connectivity index (χ0) is 18.1. The summed E-state index contributed by atoms with van der Waals surface area (Å²) in [5.41, 5.74) is 2.62. The summed E-state index contributed by atoms with van der Waals surface area (Å²) in [5, 5.41) is 6.29. The molecule has 0 saturated heterocycles. The Hall–Kier alpha value is -2.37. The molecule has 0 atom stereocenters. The van der Waals surface area contributed by atoms with Crippen molar-refractivity contribution < 1.29 is 14.3 Å². The monoisotopic (exact) mass is 360 g/mol. The highest BCUT2D eigenvalue weighted by molar-refractivity contribution is 6.30. The standard InChI is InChI=1S/C19H21ClN2O3/c1-25-13-19(24)22-17-7-3-5-15(11-17)12-21-18(23)9-8-14-4-2-6-16(20)10-14/h2-7,10-11H,8-9,12-13H2,1H3,(H,21,23)(H,22,24). The maximum Gasteiger partial charge on any atom is 0.250 e. The highest BCUT2D eigenvalue weighted by Gasteiger charge is 2.05. The highest BCUT2D eigenvalue weighted by atomic mass is 35.5. The first-order valence-electron chi connectivity index (χ1n) is 7.95. The van der Waals surface area contributed by atoms with Gasteiger partial charge in [0, 0.05) is 30.8 Å². The van der Waals surface area contributed by atoms with Crippen molar-refractivity contribution in [1.82, 2.24) is 5.32 Å². The zero-order valence-electron chi connectivity index (χ0n) is 14.0. The van der Waals surface area contributed by atoms with E-state index in [2.05, 4.69) is 10.6 Å². The third-order valence-electron chi connectivity index (χ3n) is 3.51. The SMILES string of the molecule is COCC(=O)Nc1cccc(CNC(=O)CCc2cccc(Cl)c2)c1. The van der Waals surface area contributed by atoms with Crippen molar-refractivity contribution in [2.24, 2.45) is 0 Å². The number of carbonyl (C=O) groups is 2. The number of benzene rings is 2. The molecule has 0 unspecified atom stereocenters. The van der Waals surface area contributed by atoms with Crippen molar-refractivity contribution in [2.45, 2.75) is 19.4 Å². The summed E-state index contributed by atoms with van der Waals surface area (Å²) in [5.74, 6) is -0.251. The Balaban J connectivity index is 1.80. The molecule has 0 spiro atoms. The first kappa shape index (κ1) is 19.0. The van der Waals surface area contributed by atoms with Crippen LogP contribution in [0.4, 0.5) is 5.69 Å². The molecule has 6 heteroatoms. The van der Waals surface area contributed by atoms with Crippen LogP contribution in [0.3, 0.4) is 0 Å². The van der Waals surface area contributed by atoms with Crippen LogP contribution in [0, 0.1) is 0 Å². The van der Waals surface area contributed by atoms with E-state index in [1.54, 1.807) is 6.07 Å². The van der Waals surface area contributed by atoms with E-state index in [0.29, 0.717) is 30.1 Å². The van der Waals surface area contributed by atoms with E-state index in [1.165, 1.54) is 7.11 Å². The molecule has 0 aromatic heterocycles. The first-order valence-corrected chi connectivity index (χ1v) is 8.33. The Kier molecular flexibility index (Phi) is 7.44. The molecule has 0 radical (unpaired) electrons. The molecule has 0 heterocycles. The molecule has 0 aliphatic carbocycles. The van der Waals surface area contributed by atoms with Gasteiger partial charge in [-0.15, -0.1) is 0 Å². The first-order chi connectivity index (χ1) is 12.1. The molecule has 0 aliphatic rings. The van der Waals surface area contributed by atoms with Crippen LogP contribution in [-0.4, -0.2) is 25.5 Å². The van der Waals surface area contributed by atoms with Gasteiger partial charge in [0.15, 0.2) is 0 Å². The lowest BCUT2D eigenvalue weighted by Crippen LogP contribution is -2.23. The number of ether oxygens (including phenoxy) is 1. The summed E-state index contributed by atoms with van der Waals surface area (Å²) in [6, 6.07) is 14.8. The van der Waals surface area contributed by atoms with Crippen molar-refractivity contribution in [3.05, 3.63) is 64.7 Å². The second-order valence-corrected chi connectivity index (χ2v) is 6.02. The lowest BCUT2D eigenvalue weighted by Gasteiger charge is -2.09. The zero-order valence-corrected chi connectivity index (χ0v) is 14.8. The van der Waals surface area contributed by atoms with E-state index in [4.69, 9.17) is 16.3 Å². The van der Waals surface area contributed by atoms with Gasteiger partial charge >= 0.3 is 0 Å². The van der Waals surface area contributed by atoms with Crippen LogP contribution in [0.1, 0.15) is 17.5 Å². The maximum atomic E-state index is 12.0. The maximum absolute atomic E-state index is 12.0. The molecule has 2 aromatic carbocycles. The van der Waals surface area contributed by atoms with Crippen molar-refractivity contribution in [2.75, 3.05) is 19.0 Å². The number of anilines is 1. The molecule has 0 bridgehead atoms. The summed E-state index contributed by atoms with van der Waals surface area (Å²) in [7, 11) is 1.47. The van der Waals surface area contributed by atoms with Crippen LogP contribution in [0.2, 0.25) is 5.02 Å². The molecule has 2 rings (SSSR count). The summed E-state index contributed by atoms with van der Waals surface area (Å²) in [6.45, 7) is 0.410. The molecule has 132 valence electrons. The predicted molar refractivity (Wildman–Crippen MR) is 98.6 cm³/mol. The van der Waals surface area contributed by atoms with Crippen molar-refractivity contribution in [1.29, 1.82) is 0 Å². The third kappa shape index (κ3) is 6.95. The second kappa shape index (κ2) is 9.81. The van der Waals surface area contributed by atoms with E-state index >= 15 is 0 Å². The highest BCUT2D eigenvalue weighted by Crippen LogP contribution is 2.13. The number of carbonyl (C=O) groups excluding carboxylic acids is 2. The average Bonchev–Trinajstić information content (AvgIpc) is 2.59. The molecule has 25 heavy (non-hydrogen) atoms. The minimum Gasteiger partial charge on any atom is -0.375 e. The van der Waals surface area contributed by atoms with E-state index in [9.17, 15) is 9.59 Å². The van der Waals surface area contributed by atoms with Crippen LogP contribution >= 0.6 is 11.6 Å². The molecule has 2 amide bonds. The van der Waals surface area contributed by atoms with Crippen LogP contribution in [-0.2, 0) is 27.3 Å². The number of aryl methyl sites for hydroxylation is 1. The summed E-state index contributed by atoms with van der Waals surface area (Å²) in [4.78, 5) is 23.5. The number of nitrogens with one attached hydrogen (secondary N) is 2. The Morgan fingerprint density at radius 3 is 2.56 bits per heavy atom. The molecule has 2 N–H and O–H groups in total. The molecular weight excluding hydrogens is 340 g/mol. The Morgan fingerprint density at radius 2 is 1.80 bits per heavy atom. The van der Waals surface area contributed by atoms with Gasteiger partial charge in [0.05, 0.1) is 0 Å². The largest absolute Gasteiger partial charge is 0.375 e. The van der Waals surface area contributed by atoms with Crippen LogP contribution in [0.25, 0.3) is 0 Å². The van der Waals surface area contributed by atoms with E-state index < -0.39 is 0 Å². The molecule has 0 aliphatic heterocycles. The smallest absolute Gasteiger partial charge is 0.250 e. The Labute approximate surface area is 152 Å². The Morgan fingerprint density at radius 1 is 1.04 bits per heavy atom. The molecule has 0 saturated carbocycles. The molecule has 2 aromatic rings. The van der Waals surface area contributed by atoms with Gasteiger partial charge in [0.25, 0.3) is 0 Å². The van der Waals surface area contributed by atoms with E-state index in [-0.39, 0.29) is 18.4 Å². The lowest BCUT2D eigenvalue weighted by molar-refractivity contribution is -0.121. The normalized spacial score (nSPS) is 10.3. The van der Waals surface area contributed by atoms with Crippen LogP contribution in [0.15, 0.2) is 48.5 Å².